The van der Waals surface area contributed by atoms with E-state index in [-0.39, 0.29) is 11.6 Å². The molecule has 0 amide bonds. The van der Waals surface area contributed by atoms with Crippen LogP contribution in [0.1, 0.15) is 35.6 Å². The largest absolute Gasteiger partial charge is 0.324 e. The van der Waals surface area contributed by atoms with Gasteiger partial charge in [0.2, 0.25) is 5.95 Å². The van der Waals surface area contributed by atoms with Crippen LogP contribution in [0.4, 0.5) is 11.6 Å². The molecule has 0 radical (unpaired) electrons. The standard InChI is InChI=1S/C26H29N7O/c1-31(2)16-17-4-3-5-22(12-17)32-24-23(25(34)33(32)21-8-9-21)15-28-26(30-24)29-20-7-6-18-10-11-27-14-19(18)13-20/h3-7,12-13,15,21,27H,8-11,14,16H2,1-2H3,(H,28,29,30). The van der Waals surface area contributed by atoms with Crippen molar-refractivity contribution in [1.29, 1.82) is 0 Å². The van der Waals surface area contributed by atoms with Gasteiger partial charge in [0.1, 0.15) is 5.39 Å². The second-order valence-corrected chi connectivity index (χ2v) is 9.57. The molecule has 0 bridgehead atoms. The number of hydrogen-bond donors (Lipinski definition) is 2. The van der Waals surface area contributed by atoms with Crippen molar-refractivity contribution in [2.45, 2.75) is 38.4 Å². The Labute approximate surface area is 198 Å². The van der Waals surface area contributed by atoms with E-state index in [1.165, 1.54) is 16.7 Å². The Balaban J connectivity index is 1.44. The van der Waals surface area contributed by atoms with Gasteiger partial charge in [0.15, 0.2) is 5.65 Å². The van der Waals surface area contributed by atoms with E-state index in [4.69, 9.17) is 4.98 Å². The highest BCUT2D eigenvalue weighted by molar-refractivity contribution is 5.77. The number of hydrogen-bond acceptors (Lipinski definition) is 6. The maximum Gasteiger partial charge on any atom is 0.278 e. The number of nitrogens with one attached hydrogen (secondary N) is 2. The molecule has 2 aromatic carbocycles. The molecule has 0 unspecified atom stereocenters. The molecule has 0 saturated heterocycles. The summed E-state index contributed by atoms with van der Waals surface area (Å²) >= 11 is 0. The first-order valence-corrected chi connectivity index (χ1v) is 11.9. The van der Waals surface area contributed by atoms with Crippen LogP contribution in [0, 0.1) is 0 Å². The molecule has 1 aliphatic carbocycles. The van der Waals surface area contributed by atoms with Crippen LogP contribution in [0.3, 0.4) is 0 Å². The summed E-state index contributed by atoms with van der Waals surface area (Å²) in [4.78, 5) is 24.8. The average Bonchev–Trinajstić information content (AvgIpc) is 3.63. The highest BCUT2D eigenvalue weighted by Crippen LogP contribution is 2.35. The Morgan fingerprint density at radius 3 is 2.85 bits per heavy atom. The van der Waals surface area contributed by atoms with Crippen molar-refractivity contribution in [3.63, 3.8) is 0 Å². The lowest BCUT2D eigenvalue weighted by molar-refractivity contribution is 0.402. The fraction of sp³-hybridized carbons (Fsp3) is 0.346. The molecular formula is C26H29N7O. The third kappa shape index (κ3) is 3.89. The Bertz CT molecular complexity index is 1430. The maximum absolute atomic E-state index is 13.3. The molecular weight excluding hydrogens is 426 g/mol. The summed E-state index contributed by atoms with van der Waals surface area (Å²) in [5.74, 6) is 0.488. The van der Waals surface area contributed by atoms with E-state index in [2.05, 4.69) is 64.9 Å². The first-order valence-electron chi connectivity index (χ1n) is 11.9. The van der Waals surface area contributed by atoms with Crippen LogP contribution in [-0.4, -0.2) is 44.9 Å². The van der Waals surface area contributed by atoms with Crippen LogP contribution < -0.4 is 16.2 Å². The molecule has 174 valence electrons. The quantitative estimate of drug-likeness (QED) is 0.464. The van der Waals surface area contributed by atoms with E-state index < -0.39 is 0 Å². The SMILES string of the molecule is CN(C)Cc1cccc(-n2c3nc(Nc4ccc5c(c4)CNCC5)ncc3c(=O)n2C2CC2)c1. The van der Waals surface area contributed by atoms with Crippen molar-refractivity contribution < 1.29 is 0 Å². The lowest BCUT2D eigenvalue weighted by Crippen LogP contribution is -2.23. The predicted molar refractivity (Wildman–Crippen MR) is 134 cm³/mol. The maximum atomic E-state index is 13.3. The molecule has 0 atom stereocenters. The smallest absolute Gasteiger partial charge is 0.278 e. The fourth-order valence-electron chi connectivity index (χ4n) is 4.80. The third-order valence-corrected chi connectivity index (χ3v) is 6.52. The average molecular weight is 456 g/mol. The number of fused-ring (bicyclic) bond motifs is 2. The summed E-state index contributed by atoms with van der Waals surface area (Å²) in [6.07, 6.45) is 4.72. The molecule has 4 aromatic rings. The Morgan fingerprint density at radius 2 is 2.03 bits per heavy atom. The highest BCUT2D eigenvalue weighted by Gasteiger charge is 2.30. The van der Waals surface area contributed by atoms with Gasteiger partial charge in [0, 0.05) is 25.0 Å². The Hall–Kier alpha value is -3.49. The van der Waals surface area contributed by atoms with Gasteiger partial charge in [-0.3, -0.25) is 4.79 Å². The lowest BCUT2D eigenvalue weighted by atomic mass is 10.0. The van der Waals surface area contributed by atoms with E-state index in [9.17, 15) is 4.79 Å². The zero-order chi connectivity index (χ0) is 23.2. The molecule has 0 spiro atoms. The minimum absolute atomic E-state index is 0.0260. The van der Waals surface area contributed by atoms with Crippen molar-refractivity contribution in [3.8, 4) is 5.69 Å². The van der Waals surface area contributed by atoms with E-state index in [0.29, 0.717) is 17.0 Å². The second-order valence-electron chi connectivity index (χ2n) is 9.57. The second kappa shape index (κ2) is 8.38. The Kier molecular flexibility index (Phi) is 5.19. The van der Waals surface area contributed by atoms with Crippen molar-refractivity contribution in [2.75, 3.05) is 26.0 Å². The summed E-state index contributed by atoms with van der Waals surface area (Å²) in [6, 6.07) is 15.0. The van der Waals surface area contributed by atoms with Gasteiger partial charge in [-0.15, -0.1) is 0 Å². The number of nitrogens with zero attached hydrogens (tertiary/aromatic N) is 5. The topological polar surface area (TPSA) is 80.0 Å². The molecule has 1 aliphatic heterocycles. The highest BCUT2D eigenvalue weighted by atomic mass is 16.1. The molecule has 8 heteroatoms. The summed E-state index contributed by atoms with van der Waals surface area (Å²) < 4.78 is 3.85. The van der Waals surface area contributed by atoms with E-state index in [0.717, 1.165) is 50.3 Å². The molecule has 1 saturated carbocycles. The van der Waals surface area contributed by atoms with Crippen LogP contribution in [0.25, 0.3) is 16.7 Å². The molecule has 6 rings (SSSR count). The van der Waals surface area contributed by atoms with Gasteiger partial charge in [0.25, 0.3) is 5.56 Å². The molecule has 1 fully saturated rings. The third-order valence-electron chi connectivity index (χ3n) is 6.52. The molecule has 2 aromatic heterocycles. The van der Waals surface area contributed by atoms with Crippen LogP contribution in [-0.2, 0) is 19.5 Å². The monoisotopic (exact) mass is 455 g/mol. The van der Waals surface area contributed by atoms with Crippen LogP contribution in [0.2, 0.25) is 0 Å². The van der Waals surface area contributed by atoms with Crippen molar-refractivity contribution in [2.24, 2.45) is 0 Å². The normalized spacial score (nSPS) is 15.6. The van der Waals surface area contributed by atoms with Gasteiger partial charge in [-0.2, -0.15) is 4.98 Å². The Morgan fingerprint density at radius 1 is 1.15 bits per heavy atom. The van der Waals surface area contributed by atoms with Crippen molar-refractivity contribution in [1.82, 2.24) is 29.5 Å². The minimum atomic E-state index is -0.0260. The molecule has 2 N–H and O–H groups in total. The summed E-state index contributed by atoms with van der Waals surface area (Å²) in [7, 11) is 4.11. The first-order chi connectivity index (χ1) is 16.6. The van der Waals surface area contributed by atoms with Gasteiger partial charge < -0.3 is 15.5 Å². The van der Waals surface area contributed by atoms with E-state index in [1.807, 2.05) is 21.5 Å². The van der Waals surface area contributed by atoms with Gasteiger partial charge in [-0.05, 0) is 80.9 Å². The van der Waals surface area contributed by atoms with Crippen molar-refractivity contribution in [3.05, 3.63) is 75.7 Å². The molecule has 3 heterocycles. The van der Waals surface area contributed by atoms with Crippen molar-refractivity contribution >= 4 is 22.7 Å². The lowest BCUT2D eigenvalue weighted by Gasteiger charge is -2.18. The molecule has 34 heavy (non-hydrogen) atoms. The zero-order valence-corrected chi connectivity index (χ0v) is 19.6. The number of aromatic nitrogens is 4. The number of anilines is 2. The van der Waals surface area contributed by atoms with Crippen LogP contribution >= 0.6 is 0 Å². The number of benzene rings is 2. The summed E-state index contributed by atoms with van der Waals surface area (Å²) in [5.41, 5.74) is 6.38. The first kappa shape index (κ1) is 21.1. The summed E-state index contributed by atoms with van der Waals surface area (Å²) in [5, 5.41) is 7.32. The summed E-state index contributed by atoms with van der Waals surface area (Å²) in [6.45, 7) is 2.72. The number of rotatable bonds is 6. The van der Waals surface area contributed by atoms with Gasteiger partial charge in [-0.1, -0.05) is 18.2 Å². The van der Waals surface area contributed by atoms with E-state index in [1.54, 1.807) is 6.20 Å². The molecule has 8 nitrogen and oxygen atoms in total. The fourth-order valence-corrected chi connectivity index (χ4v) is 4.80. The van der Waals surface area contributed by atoms with Gasteiger partial charge in [-0.25, -0.2) is 14.3 Å². The van der Waals surface area contributed by atoms with Gasteiger partial charge in [0.05, 0.1) is 11.7 Å². The zero-order valence-electron chi connectivity index (χ0n) is 19.6. The van der Waals surface area contributed by atoms with Crippen LogP contribution in [0.5, 0.6) is 0 Å². The molecule has 2 aliphatic rings. The van der Waals surface area contributed by atoms with E-state index >= 15 is 0 Å². The van der Waals surface area contributed by atoms with Gasteiger partial charge >= 0.3 is 0 Å². The minimum Gasteiger partial charge on any atom is -0.324 e. The van der Waals surface area contributed by atoms with Crippen LogP contribution in [0.15, 0.2) is 53.5 Å². The predicted octanol–water partition coefficient (Wildman–Crippen LogP) is 3.37.